The minimum Gasteiger partial charge on any atom is -0.476 e. The Labute approximate surface area is 114 Å². The van der Waals surface area contributed by atoms with Gasteiger partial charge in [0, 0.05) is 20.1 Å². The predicted molar refractivity (Wildman–Crippen MR) is 76.6 cm³/mol. The van der Waals surface area contributed by atoms with Gasteiger partial charge in [0.1, 0.15) is 12.0 Å². The SMILES string of the molecule is CCOc1ncnc(N(C)CCN2CCCC2)c1N. The second kappa shape index (κ2) is 6.56. The first kappa shape index (κ1) is 13.9. The third kappa shape index (κ3) is 3.47. The lowest BCUT2D eigenvalue weighted by Crippen LogP contribution is -2.32. The fourth-order valence-electron chi connectivity index (χ4n) is 2.33. The fourth-order valence-corrected chi connectivity index (χ4v) is 2.33. The minimum absolute atomic E-state index is 0.473. The van der Waals surface area contributed by atoms with E-state index < -0.39 is 0 Å². The lowest BCUT2D eigenvalue weighted by atomic mass is 10.4. The zero-order valence-corrected chi connectivity index (χ0v) is 11.8. The summed E-state index contributed by atoms with van der Waals surface area (Å²) < 4.78 is 5.39. The number of nitrogens with two attached hydrogens (primary N) is 1. The van der Waals surface area contributed by atoms with Crippen LogP contribution in [0.2, 0.25) is 0 Å². The molecule has 2 N–H and O–H groups in total. The van der Waals surface area contributed by atoms with Crippen molar-refractivity contribution in [1.29, 1.82) is 0 Å². The van der Waals surface area contributed by atoms with Gasteiger partial charge in [0.25, 0.3) is 0 Å². The van der Waals surface area contributed by atoms with Crippen molar-refractivity contribution in [3.8, 4) is 5.88 Å². The van der Waals surface area contributed by atoms with Crippen LogP contribution in [0.3, 0.4) is 0 Å². The molecule has 106 valence electrons. The smallest absolute Gasteiger partial charge is 0.242 e. The van der Waals surface area contributed by atoms with Crippen molar-refractivity contribution >= 4 is 11.5 Å². The molecule has 1 fully saturated rings. The first-order chi connectivity index (χ1) is 9.22. The Morgan fingerprint density at radius 2 is 2.11 bits per heavy atom. The summed E-state index contributed by atoms with van der Waals surface area (Å²) in [7, 11) is 2.00. The maximum atomic E-state index is 6.05. The Bertz CT molecular complexity index is 406. The molecule has 1 aromatic rings. The van der Waals surface area contributed by atoms with Crippen LogP contribution in [0.25, 0.3) is 0 Å². The van der Waals surface area contributed by atoms with E-state index in [0.29, 0.717) is 18.2 Å². The van der Waals surface area contributed by atoms with Crippen LogP contribution in [0.4, 0.5) is 11.5 Å². The van der Waals surface area contributed by atoms with Crippen molar-refractivity contribution in [2.75, 3.05) is 50.5 Å². The van der Waals surface area contributed by atoms with Crippen molar-refractivity contribution in [2.45, 2.75) is 19.8 Å². The van der Waals surface area contributed by atoms with Crippen molar-refractivity contribution in [3.05, 3.63) is 6.33 Å². The molecule has 6 nitrogen and oxygen atoms in total. The van der Waals surface area contributed by atoms with E-state index in [1.54, 1.807) is 0 Å². The summed E-state index contributed by atoms with van der Waals surface area (Å²) in [6.07, 6.45) is 4.13. The summed E-state index contributed by atoms with van der Waals surface area (Å²) >= 11 is 0. The Kier molecular flexibility index (Phi) is 4.79. The van der Waals surface area contributed by atoms with Gasteiger partial charge in [0.2, 0.25) is 5.88 Å². The number of likely N-dealkylation sites (tertiary alicyclic amines) is 1. The molecule has 0 atom stereocenters. The Balaban J connectivity index is 1.97. The van der Waals surface area contributed by atoms with Gasteiger partial charge in [0.15, 0.2) is 5.82 Å². The molecule has 0 bridgehead atoms. The van der Waals surface area contributed by atoms with Gasteiger partial charge >= 0.3 is 0 Å². The number of nitrogens with zero attached hydrogens (tertiary/aromatic N) is 4. The van der Waals surface area contributed by atoms with Crippen LogP contribution in [0.1, 0.15) is 19.8 Å². The molecule has 0 unspecified atom stereocenters. The van der Waals surface area contributed by atoms with Gasteiger partial charge in [-0.2, -0.15) is 4.98 Å². The molecule has 0 amide bonds. The van der Waals surface area contributed by atoms with E-state index in [4.69, 9.17) is 10.5 Å². The average Bonchev–Trinajstić information content (AvgIpc) is 2.92. The number of rotatable bonds is 6. The van der Waals surface area contributed by atoms with E-state index in [2.05, 4.69) is 19.8 Å². The molecule has 2 heterocycles. The molecular weight excluding hydrogens is 242 g/mol. The number of likely N-dealkylation sites (N-methyl/N-ethyl adjacent to an activating group) is 1. The largest absolute Gasteiger partial charge is 0.476 e. The molecule has 0 aromatic carbocycles. The quantitative estimate of drug-likeness (QED) is 0.827. The van der Waals surface area contributed by atoms with Gasteiger partial charge in [-0.1, -0.05) is 0 Å². The number of nitrogen functional groups attached to an aromatic ring is 1. The molecule has 0 aliphatic carbocycles. The van der Waals surface area contributed by atoms with E-state index in [-0.39, 0.29) is 0 Å². The highest BCUT2D eigenvalue weighted by molar-refractivity contribution is 5.67. The number of ether oxygens (including phenoxy) is 1. The van der Waals surface area contributed by atoms with Crippen LogP contribution in [0.15, 0.2) is 6.33 Å². The maximum absolute atomic E-state index is 6.05. The number of anilines is 2. The molecule has 0 radical (unpaired) electrons. The van der Waals surface area contributed by atoms with Gasteiger partial charge in [-0.25, -0.2) is 4.98 Å². The summed E-state index contributed by atoms with van der Waals surface area (Å²) in [5.74, 6) is 1.22. The summed E-state index contributed by atoms with van der Waals surface area (Å²) in [5, 5.41) is 0. The first-order valence-electron chi connectivity index (χ1n) is 6.89. The topological polar surface area (TPSA) is 67.5 Å². The summed E-state index contributed by atoms with van der Waals surface area (Å²) in [6, 6.07) is 0. The van der Waals surface area contributed by atoms with Crippen molar-refractivity contribution in [2.24, 2.45) is 0 Å². The van der Waals surface area contributed by atoms with Crippen LogP contribution >= 0.6 is 0 Å². The summed E-state index contributed by atoms with van der Waals surface area (Å²) in [6.45, 7) is 6.84. The van der Waals surface area contributed by atoms with Gasteiger partial charge in [-0.3, -0.25) is 0 Å². The standard InChI is InChI=1S/C13H23N5O/c1-3-19-13-11(14)12(15-10-16-13)17(2)8-9-18-6-4-5-7-18/h10H,3-9,14H2,1-2H3. The highest BCUT2D eigenvalue weighted by atomic mass is 16.5. The lowest BCUT2D eigenvalue weighted by Gasteiger charge is -2.23. The molecule has 1 aliphatic rings. The average molecular weight is 265 g/mol. The van der Waals surface area contributed by atoms with Crippen LogP contribution in [-0.2, 0) is 0 Å². The van der Waals surface area contributed by atoms with E-state index in [1.807, 2.05) is 14.0 Å². The highest BCUT2D eigenvalue weighted by Crippen LogP contribution is 2.26. The molecule has 19 heavy (non-hydrogen) atoms. The van der Waals surface area contributed by atoms with E-state index in [1.165, 1.54) is 32.3 Å². The van der Waals surface area contributed by atoms with Crippen LogP contribution < -0.4 is 15.4 Å². The molecule has 1 aromatic heterocycles. The van der Waals surface area contributed by atoms with Crippen molar-refractivity contribution in [1.82, 2.24) is 14.9 Å². The van der Waals surface area contributed by atoms with Crippen LogP contribution in [0.5, 0.6) is 5.88 Å². The minimum atomic E-state index is 0.473. The third-order valence-corrected chi connectivity index (χ3v) is 3.42. The fraction of sp³-hybridized carbons (Fsp3) is 0.692. The van der Waals surface area contributed by atoms with E-state index in [9.17, 15) is 0 Å². The Hall–Kier alpha value is -1.56. The molecule has 0 saturated carbocycles. The Morgan fingerprint density at radius 1 is 1.37 bits per heavy atom. The van der Waals surface area contributed by atoms with Gasteiger partial charge < -0.3 is 20.3 Å². The summed E-state index contributed by atoms with van der Waals surface area (Å²) in [4.78, 5) is 12.8. The molecule has 2 rings (SSSR count). The normalized spacial score (nSPS) is 15.7. The zero-order valence-electron chi connectivity index (χ0n) is 11.8. The van der Waals surface area contributed by atoms with Gasteiger partial charge in [-0.15, -0.1) is 0 Å². The van der Waals surface area contributed by atoms with E-state index in [0.717, 1.165) is 18.9 Å². The number of aromatic nitrogens is 2. The van der Waals surface area contributed by atoms with Gasteiger partial charge in [0.05, 0.1) is 6.61 Å². The maximum Gasteiger partial charge on any atom is 0.242 e. The third-order valence-electron chi connectivity index (χ3n) is 3.42. The zero-order chi connectivity index (χ0) is 13.7. The van der Waals surface area contributed by atoms with E-state index >= 15 is 0 Å². The van der Waals surface area contributed by atoms with Crippen LogP contribution in [-0.4, -0.2) is 54.7 Å². The van der Waals surface area contributed by atoms with Crippen molar-refractivity contribution in [3.63, 3.8) is 0 Å². The molecule has 1 saturated heterocycles. The Morgan fingerprint density at radius 3 is 2.79 bits per heavy atom. The molecule has 0 spiro atoms. The number of hydrogen-bond acceptors (Lipinski definition) is 6. The monoisotopic (exact) mass is 265 g/mol. The second-order valence-electron chi connectivity index (χ2n) is 4.82. The van der Waals surface area contributed by atoms with Gasteiger partial charge in [-0.05, 0) is 32.9 Å². The molecular formula is C13H23N5O. The highest BCUT2D eigenvalue weighted by Gasteiger charge is 2.15. The van der Waals surface area contributed by atoms with Crippen molar-refractivity contribution < 1.29 is 4.74 Å². The second-order valence-corrected chi connectivity index (χ2v) is 4.82. The number of hydrogen-bond donors (Lipinski definition) is 1. The lowest BCUT2D eigenvalue weighted by molar-refractivity contribution is 0.328. The molecule has 1 aliphatic heterocycles. The molecule has 6 heteroatoms. The first-order valence-corrected chi connectivity index (χ1v) is 6.89. The summed E-state index contributed by atoms with van der Waals surface area (Å²) in [5.41, 5.74) is 6.57. The predicted octanol–water partition coefficient (Wildman–Crippen LogP) is 0.989. The van der Waals surface area contributed by atoms with Crippen LogP contribution in [0, 0.1) is 0 Å².